The number of aliphatic carboxylic acids is 1. The summed E-state index contributed by atoms with van der Waals surface area (Å²) in [6.45, 7) is 0.325. The number of nitrogens with zero attached hydrogens (tertiary/aromatic N) is 1. The summed E-state index contributed by atoms with van der Waals surface area (Å²) in [7, 11) is 2.51. The van der Waals surface area contributed by atoms with Gasteiger partial charge in [-0.05, 0) is 0 Å². The van der Waals surface area contributed by atoms with Crippen molar-refractivity contribution in [1.29, 1.82) is 0 Å². The summed E-state index contributed by atoms with van der Waals surface area (Å²) in [5, 5.41) is 11.4. The van der Waals surface area contributed by atoms with E-state index in [9.17, 15) is 14.4 Å². The van der Waals surface area contributed by atoms with Crippen LogP contribution in [-0.4, -0.2) is 74.9 Å². The van der Waals surface area contributed by atoms with E-state index in [0.717, 1.165) is 0 Å². The van der Waals surface area contributed by atoms with Crippen LogP contribution in [0.2, 0.25) is 0 Å². The lowest BCUT2D eigenvalue weighted by molar-refractivity contribution is -0.144. The fraction of sp³-hybridized carbons (Fsp3) is 0.700. The maximum atomic E-state index is 11.0. The van der Waals surface area contributed by atoms with Gasteiger partial charge in [0, 0.05) is 13.1 Å². The molecule has 0 saturated carbocycles. The molecule has 0 rings (SSSR count). The van der Waals surface area contributed by atoms with E-state index in [4.69, 9.17) is 5.11 Å². The maximum absolute atomic E-state index is 11.0. The molecule has 0 aliphatic rings. The third-order valence-electron chi connectivity index (χ3n) is 2.04. The Morgan fingerprint density at radius 2 is 1.72 bits per heavy atom. The predicted octanol–water partition coefficient (Wildman–Crippen LogP) is -1.69. The van der Waals surface area contributed by atoms with Crippen LogP contribution in [0.1, 0.15) is 0 Å². The minimum absolute atomic E-state index is 0.0373. The lowest BCUT2D eigenvalue weighted by Gasteiger charge is -2.18. The Hall–Kier alpha value is -1.67. The predicted molar refractivity (Wildman–Crippen MR) is 61.0 cm³/mol. The normalized spacial score (nSPS) is 10.2. The second kappa shape index (κ2) is 9.37. The number of esters is 2. The van der Waals surface area contributed by atoms with Crippen LogP contribution in [-0.2, 0) is 23.9 Å². The van der Waals surface area contributed by atoms with Crippen LogP contribution in [0.4, 0.5) is 0 Å². The molecule has 18 heavy (non-hydrogen) atoms. The van der Waals surface area contributed by atoms with E-state index in [1.165, 1.54) is 19.1 Å². The highest BCUT2D eigenvalue weighted by Crippen LogP contribution is 1.89. The molecule has 2 N–H and O–H groups in total. The van der Waals surface area contributed by atoms with E-state index >= 15 is 0 Å². The number of ether oxygens (including phenoxy) is 2. The Labute approximate surface area is 105 Å². The molecule has 0 aromatic carbocycles. The van der Waals surface area contributed by atoms with E-state index in [1.54, 1.807) is 0 Å². The van der Waals surface area contributed by atoms with Gasteiger partial charge in [0.05, 0.1) is 33.9 Å². The van der Waals surface area contributed by atoms with Crippen molar-refractivity contribution in [3.8, 4) is 0 Å². The van der Waals surface area contributed by atoms with Crippen molar-refractivity contribution in [2.75, 3.05) is 46.9 Å². The number of carbonyl (C=O) groups excluding carboxylic acids is 2. The molecule has 0 saturated heterocycles. The Balaban J connectivity index is 3.96. The molecule has 0 radical (unpaired) electrons. The molecule has 0 bridgehead atoms. The van der Waals surface area contributed by atoms with Crippen LogP contribution >= 0.6 is 0 Å². The average molecular weight is 262 g/mol. The van der Waals surface area contributed by atoms with Gasteiger partial charge in [-0.2, -0.15) is 0 Å². The van der Waals surface area contributed by atoms with Gasteiger partial charge in [-0.3, -0.25) is 19.3 Å². The highest BCUT2D eigenvalue weighted by Gasteiger charge is 2.13. The first-order valence-corrected chi connectivity index (χ1v) is 5.28. The molecule has 0 heterocycles. The van der Waals surface area contributed by atoms with Crippen LogP contribution in [0.15, 0.2) is 0 Å². The fourth-order valence-electron chi connectivity index (χ4n) is 1.15. The van der Waals surface area contributed by atoms with Gasteiger partial charge in [0.2, 0.25) is 0 Å². The first-order chi connectivity index (χ1) is 8.49. The van der Waals surface area contributed by atoms with Crippen molar-refractivity contribution in [3.63, 3.8) is 0 Å². The van der Waals surface area contributed by atoms with Gasteiger partial charge in [-0.25, -0.2) is 0 Å². The number of hydrogen-bond acceptors (Lipinski definition) is 7. The van der Waals surface area contributed by atoms with Gasteiger partial charge in [0.25, 0.3) is 0 Å². The molecule has 0 amide bonds. The summed E-state index contributed by atoms with van der Waals surface area (Å²) >= 11 is 0. The highest BCUT2D eigenvalue weighted by molar-refractivity contribution is 5.74. The molecule has 0 aliphatic heterocycles. The second-order valence-corrected chi connectivity index (χ2v) is 3.43. The minimum Gasteiger partial charge on any atom is -0.480 e. The highest BCUT2D eigenvalue weighted by atomic mass is 16.5. The topological polar surface area (TPSA) is 105 Å². The quantitative estimate of drug-likeness (QED) is 0.374. The van der Waals surface area contributed by atoms with Crippen LogP contribution in [0.3, 0.4) is 0 Å². The van der Waals surface area contributed by atoms with Crippen molar-refractivity contribution >= 4 is 17.9 Å². The summed E-state index contributed by atoms with van der Waals surface area (Å²) in [6, 6.07) is 0. The monoisotopic (exact) mass is 262 g/mol. The zero-order valence-corrected chi connectivity index (χ0v) is 10.5. The number of rotatable bonds is 9. The Morgan fingerprint density at radius 1 is 1.11 bits per heavy atom. The Bertz CT molecular complexity index is 294. The molecular weight excluding hydrogens is 244 g/mol. The summed E-state index contributed by atoms with van der Waals surface area (Å²) in [6.07, 6.45) is 0. The lowest BCUT2D eigenvalue weighted by Crippen LogP contribution is -2.40. The van der Waals surface area contributed by atoms with E-state index < -0.39 is 17.9 Å². The van der Waals surface area contributed by atoms with E-state index in [2.05, 4.69) is 14.8 Å². The summed E-state index contributed by atoms with van der Waals surface area (Å²) in [5.41, 5.74) is 0. The number of methoxy groups -OCH3 is 2. The van der Waals surface area contributed by atoms with Gasteiger partial charge < -0.3 is 19.9 Å². The molecule has 104 valence electrons. The summed E-state index contributed by atoms with van der Waals surface area (Å²) < 4.78 is 8.88. The fourth-order valence-corrected chi connectivity index (χ4v) is 1.15. The molecule has 0 aromatic rings. The zero-order valence-electron chi connectivity index (χ0n) is 10.5. The first-order valence-electron chi connectivity index (χ1n) is 5.28. The molecule has 0 fully saturated rings. The molecule has 0 unspecified atom stereocenters. The van der Waals surface area contributed by atoms with Gasteiger partial charge in [-0.1, -0.05) is 0 Å². The van der Waals surface area contributed by atoms with Crippen molar-refractivity contribution in [2.24, 2.45) is 0 Å². The molecule has 0 aromatic heterocycles. The van der Waals surface area contributed by atoms with E-state index in [0.29, 0.717) is 13.1 Å². The molecular formula is C10H18N2O6. The van der Waals surface area contributed by atoms with Gasteiger partial charge in [0.1, 0.15) is 0 Å². The van der Waals surface area contributed by atoms with Gasteiger partial charge in [0.15, 0.2) is 0 Å². The molecule has 0 aliphatic carbocycles. The van der Waals surface area contributed by atoms with Crippen LogP contribution < -0.4 is 5.32 Å². The number of nitrogens with one attached hydrogen (secondary N) is 1. The maximum Gasteiger partial charge on any atom is 0.319 e. The van der Waals surface area contributed by atoms with Crippen LogP contribution in [0.25, 0.3) is 0 Å². The van der Waals surface area contributed by atoms with Crippen molar-refractivity contribution in [1.82, 2.24) is 10.2 Å². The lowest BCUT2D eigenvalue weighted by atomic mass is 10.4. The Kier molecular flexibility index (Phi) is 8.50. The molecule has 0 spiro atoms. The summed E-state index contributed by atoms with van der Waals surface area (Å²) in [4.78, 5) is 33.8. The van der Waals surface area contributed by atoms with E-state index in [1.807, 2.05) is 0 Å². The van der Waals surface area contributed by atoms with Crippen LogP contribution in [0.5, 0.6) is 0 Å². The standard InChI is InChI=1S/C10H18N2O6/c1-17-9(15)5-11-3-4-12(6-8(13)14)7-10(16)18-2/h11H,3-7H2,1-2H3,(H,13,14). The average Bonchev–Trinajstić information content (AvgIpc) is 2.33. The van der Waals surface area contributed by atoms with E-state index in [-0.39, 0.29) is 19.6 Å². The number of carboxylic acids is 1. The molecule has 8 nitrogen and oxygen atoms in total. The summed E-state index contributed by atoms with van der Waals surface area (Å²) in [5.74, 6) is -1.95. The van der Waals surface area contributed by atoms with Gasteiger partial charge >= 0.3 is 17.9 Å². The zero-order chi connectivity index (χ0) is 14.0. The van der Waals surface area contributed by atoms with Crippen molar-refractivity contribution in [2.45, 2.75) is 0 Å². The van der Waals surface area contributed by atoms with Crippen molar-refractivity contribution in [3.05, 3.63) is 0 Å². The largest absolute Gasteiger partial charge is 0.480 e. The number of hydrogen-bond donors (Lipinski definition) is 2. The SMILES string of the molecule is COC(=O)CNCCN(CC(=O)O)CC(=O)OC. The first kappa shape index (κ1) is 16.3. The smallest absolute Gasteiger partial charge is 0.319 e. The number of carbonyl (C=O) groups is 3. The second-order valence-electron chi connectivity index (χ2n) is 3.43. The third kappa shape index (κ3) is 8.48. The van der Waals surface area contributed by atoms with Crippen LogP contribution in [0, 0.1) is 0 Å². The third-order valence-corrected chi connectivity index (χ3v) is 2.04. The number of carboxylic acid groups (broad SMARTS) is 1. The molecule has 8 heteroatoms. The minimum atomic E-state index is -1.04. The van der Waals surface area contributed by atoms with Gasteiger partial charge in [-0.15, -0.1) is 0 Å². The Morgan fingerprint density at radius 3 is 2.22 bits per heavy atom. The molecule has 0 atom stereocenters. The van der Waals surface area contributed by atoms with Crippen molar-refractivity contribution < 1.29 is 29.0 Å².